The van der Waals surface area contributed by atoms with Crippen LogP contribution >= 0.6 is 0 Å². The Morgan fingerprint density at radius 2 is 2.14 bits per heavy atom. The first-order valence-electron chi connectivity index (χ1n) is 3.28. The van der Waals surface area contributed by atoms with Gasteiger partial charge >= 0.3 is 6.18 Å². The van der Waals surface area contributed by atoms with E-state index in [2.05, 4.69) is 9.97 Å². The molecule has 0 aliphatic carbocycles. The average Bonchev–Trinajstić information content (AvgIpc) is 2.01. The van der Waals surface area contributed by atoms with Crippen LogP contribution in [0.3, 0.4) is 0 Å². The number of hydrogen-bond acceptors (Lipinski definition) is 4. The Balaban J connectivity index is 2.95. The number of alkyl halides is 3. The lowest BCUT2D eigenvalue weighted by Gasteiger charge is -2.08. The van der Waals surface area contributed by atoms with Gasteiger partial charge in [0.2, 0.25) is 5.82 Å². The van der Waals surface area contributed by atoms with E-state index in [-0.39, 0.29) is 0 Å². The minimum Gasteiger partial charge on any atom is -0.530 e. The first-order chi connectivity index (χ1) is 6.39. The van der Waals surface area contributed by atoms with Crippen LogP contribution in [0.5, 0.6) is 0 Å². The average molecular weight is 206 g/mol. The summed E-state index contributed by atoms with van der Waals surface area (Å²) in [4.78, 5) is 15.8. The van der Waals surface area contributed by atoms with E-state index in [4.69, 9.17) is 0 Å². The topological polar surface area (TPSA) is 77.9 Å². The smallest absolute Gasteiger partial charge is 0.451 e. The van der Waals surface area contributed by atoms with Crippen molar-refractivity contribution in [3.63, 3.8) is 0 Å². The Morgan fingerprint density at radius 1 is 1.50 bits per heavy atom. The summed E-state index contributed by atoms with van der Waals surface area (Å²) in [5.41, 5.74) is 0. The standard InChI is InChI=1S/C6H4F3N3O2/c7-6(8,9)4-10-2-1-3(11-4)12-5(13)14/h1-2H,(H,13,14)(H,10,11,12)/p-1. The van der Waals surface area contributed by atoms with Crippen LogP contribution in [0.1, 0.15) is 5.82 Å². The molecule has 0 aliphatic rings. The third-order valence-electron chi connectivity index (χ3n) is 1.14. The molecule has 0 atom stereocenters. The number of carbonyl (C=O) groups excluding carboxylic acids is 1. The molecule has 0 fully saturated rings. The van der Waals surface area contributed by atoms with Crippen molar-refractivity contribution in [2.24, 2.45) is 0 Å². The van der Waals surface area contributed by atoms with Crippen LogP contribution in [0.15, 0.2) is 12.3 Å². The number of carbonyl (C=O) groups is 1. The lowest BCUT2D eigenvalue weighted by atomic mass is 10.5. The highest BCUT2D eigenvalue weighted by atomic mass is 19.4. The molecule has 8 heteroatoms. The van der Waals surface area contributed by atoms with Gasteiger partial charge in [0.15, 0.2) is 0 Å². The summed E-state index contributed by atoms with van der Waals surface area (Å²) in [5.74, 6) is -1.89. The summed E-state index contributed by atoms with van der Waals surface area (Å²) in [6, 6.07) is 0.977. The molecule has 0 radical (unpaired) electrons. The van der Waals surface area contributed by atoms with E-state index in [0.29, 0.717) is 0 Å². The number of carboxylic acid groups (broad SMARTS) is 1. The number of nitrogens with zero attached hydrogens (tertiary/aromatic N) is 2. The van der Waals surface area contributed by atoms with Gasteiger partial charge in [-0.25, -0.2) is 9.97 Å². The van der Waals surface area contributed by atoms with Crippen molar-refractivity contribution in [2.75, 3.05) is 5.32 Å². The van der Waals surface area contributed by atoms with Gasteiger partial charge in [0, 0.05) is 6.20 Å². The summed E-state index contributed by atoms with van der Waals surface area (Å²) < 4.78 is 36.0. The van der Waals surface area contributed by atoms with Crippen molar-refractivity contribution in [1.82, 2.24) is 9.97 Å². The summed E-state index contributed by atoms with van der Waals surface area (Å²) in [5, 5.41) is 11.5. The fraction of sp³-hybridized carbons (Fsp3) is 0.167. The van der Waals surface area contributed by atoms with Crippen molar-refractivity contribution in [2.45, 2.75) is 6.18 Å². The second-order valence-corrected chi connectivity index (χ2v) is 2.18. The second kappa shape index (κ2) is 3.48. The highest BCUT2D eigenvalue weighted by Gasteiger charge is 2.34. The molecule has 1 aromatic rings. The Hall–Kier alpha value is -1.86. The zero-order chi connectivity index (χ0) is 10.8. The van der Waals surface area contributed by atoms with E-state index in [1.54, 1.807) is 5.32 Å². The molecular formula is C6H3F3N3O2-. The summed E-state index contributed by atoms with van der Waals surface area (Å²) in [6.07, 6.45) is -5.65. The maximum Gasteiger partial charge on any atom is 0.451 e. The molecule has 0 aliphatic heterocycles. The maximum absolute atomic E-state index is 12.0. The number of rotatable bonds is 1. The summed E-state index contributed by atoms with van der Waals surface area (Å²) >= 11 is 0. The predicted octanol–water partition coefficient (Wildman–Crippen LogP) is 0.251. The van der Waals surface area contributed by atoms with Crippen molar-refractivity contribution in [3.05, 3.63) is 18.1 Å². The summed E-state index contributed by atoms with van der Waals surface area (Å²) in [6.45, 7) is 0. The molecule has 1 heterocycles. The lowest BCUT2D eigenvalue weighted by Crippen LogP contribution is -2.29. The van der Waals surface area contributed by atoms with Gasteiger partial charge in [-0.2, -0.15) is 13.2 Å². The SMILES string of the molecule is O=C([O-])Nc1ccnc(C(F)(F)F)n1. The van der Waals surface area contributed by atoms with Crippen LogP contribution in [-0.4, -0.2) is 16.1 Å². The van der Waals surface area contributed by atoms with Crippen molar-refractivity contribution >= 4 is 11.9 Å². The highest BCUT2D eigenvalue weighted by molar-refractivity contribution is 5.79. The van der Waals surface area contributed by atoms with Gasteiger partial charge in [-0.1, -0.05) is 0 Å². The van der Waals surface area contributed by atoms with Crippen LogP contribution in [0, 0.1) is 0 Å². The van der Waals surface area contributed by atoms with E-state index in [1.165, 1.54) is 0 Å². The number of aromatic nitrogens is 2. The minimum absolute atomic E-state index is 0.479. The second-order valence-electron chi connectivity index (χ2n) is 2.18. The van der Waals surface area contributed by atoms with Gasteiger partial charge in [-0.05, 0) is 6.07 Å². The Kier molecular flexibility index (Phi) is 2.54. The molecule has 0 aromatic carbocycles. The predicted molar refractivity (Wildman–Crippen MR) is 36.1 cm³/mol. The zero-order valence-electron chi connectivity index (χ0n) is 6.50. The molecule has 1 amide bonds. The quantitative estimate of drug-likeness (QED) is 0.714. The van der Waals surface area contributed by atoms with Crippen LogP contribution in [0.4, 0.5) is 23.8 Å². The van der Waals surface area contributed by atoms with Crippen LogP contribution in [0.25, 0.3) is 0 Å². The molecular weight excluding hydrogens is 203 g/mol. The van der Waals surface area contributed by atoms with E-state index < -0.39 is 23.9 Å². The van der Waals surface area contributed by atoms with E-state index in [1.807, 2.05) is 0 Å². The lowest BCUT2D eigenvalue weighted by molar-refractivity contribution is -0.242. The van der Waals surface area contributed by atoms with Gasteiger partial charge in [-0.3, -0.25) is 0 Å². The van der Waals surface area contributed by atoms with Crippen molar-refractivity contribution < 1.29 is 23.1 Å². The Morgan fingerprint density at radius 3 is 2.64 bits per heavy atom. The normalized spacial score (nSPS) is 11.1. The van der Waals surface area contributed by atoms with Crippen molar-refractivity contribution in [3.8, 4) is 0 Å². The van der Waals surface area contributed by atoms with Crippen LogP contribution < -0.4 is 10.4 Å². The minimum atomic E-state index is -4.70. The zero-order valence-corrected chi connectivity index (χ0v) is 6.50. The van der Waals surface area contributed by atoms with Crippen LogP contribution in [0.2, 0.25) is 0 Å². The molecule has 0 saturated carbocycles. The van der Waals surface area contributed by atoms with E-state index >= 15 is 0 Å². The largest absolute Gasteiger partial charge is 0.530 e. The third-order valence-corrected chi connectivity index (χ3v) is 1.14. The molecule has 14 heavy (non-hydrogen) atoms. The van der Waals surface area contributed by atoms with Crippen molar-refractivity contribution in [1.29, 1.82) is 0 Å². The van der Waals surface area contributed by atoms with Gasteiger partial charge in [0.05, 0.1) is 0 Å². The molecule has 76 valence electrons. The van der Waals surface area contributed by atoms with Crippen LogP contribution in [-0.2, 0) is 6.18 Å². The Labute approximate surface area is 75.6 Å². The van der Waals surface area contributed by atoms with Gasteiger partial charge < -0.3 is 15.2 Å². The maximum atomic E-state index is 12.0. The number of amides is 1. The highest BCUT2D eigenvalue weighted by Crippen LogP contribution is 2.26. The Bertz CT molecular complexity index is 352. The first-order valence-corrected chi connectivity index (χ1v) is 3.28. The monoisotopic (exact) mass is 206 g/mol. The summed E-state index contributed by atoms with van der Waals surface area (Å²) in [7, 11) is 0. The number of hydrogen-bond donors (Lipinski definition) is 1. The molecule has 1 rings (SSSR count). The first kappa shape index (κ1) is 10.2. The fourth-order valence-electron chi connectivity index (χ4n) is 0.669. The van der Waals surface area contributed by atoms with Gasteiger partial charge in [0.25, 0.3) is 0 Å². The molecule has 1 aromatic heterocycles. The van der Waals surface area contributed by atoms with E-state index in [9.17, 15) is 23.1 Å². The third kappa shape index (κ3) is 2.57. The number of anilines is 1. The van der Waals surface area contributed by atoms with Gasteiger partial charge in [-0.15, -0.1) is 0 Å². The molecule has 0 unspecified atom stereocenters. The van der Waals surface area contributed by atoms with Gasteiger partial charge in [0.1, 0.15) is 11.9 Å². The molecule has 0 spiro atoms. The number of nitrogens with one attached hydrogen (secondary N) is 1. The molecule has 5 nitrogen and oxygen atoms in total. The molecule has 1 N–H and O–H groups in total. The molecule has 0 bridgehead atoms. The fourth-order valence-corrected chi connectivity index (χ4v) is 0.669. The van der Waals surface area contributed by atoms with E-state index in [0.717, 1.165) is 12.3 Å². The number of halogens is 3. The molecule has 0 saturated heterocycles.